The lowest BCUT2D eigenvalue weighted by Crippen LogP contribution is -2.10. The molecule has 5 nitrogen and oxygen atoms in total. The SMILES string of the molecule is CSc1ccccc1Oc1nc(NN)ncc1Cl. The molecule has 0 saturated carbocycles. The van der Waals surface area contributed by atoms with Crippen molar-refractivity contribution in [3.05, 3.63) is 35.5 Å². The molecule has 0 saturated heterocycles. The number of thioether (sulfide) groups is 1. The molecule has 7 heteroatoms. The average molecular weight is 283 g/mol. The van der Waals surface area contributed by atoms with E-state index in [9.17, 15) is 0 Å². The van der Waals surface area contributed by atoms with Crippen molar-refractivity contribution in [2.24, 2.45) is 5.84 Å². The molecule has 0 aliphatic carbocycles. The molecule has 0 amide bonds. The smallest absolute Gasteiger partial charge is 0.243 e. The van der Waals surface area contributed by atoms with Crippen molar-refractivity contribution in [2.75, 3.05) is 11.7 Å². The van der Waals surface area contributed by atoms with E-state index < -0.39 is 0 Å². The standard InChI is InChI=1S/C11H11ClN4OS/c1-18-9-5-3-2-4-8(9)17-10-7(12)6-14-11(15-10)16-13/h2-6H,13H2,1H3,(H,14,15,16). The van der Waals surface area contributed by atoms with E-state index in [4.69, 9.17) is 22.2 Å². The monoisotopic (exact) mass is 282 g/mol. The van der Waals surface area contributed by atoms with E-state index in [2.05, 4.69) is 15.4 Å². The normalized spacial score (nSPS) is 10.2. The highest BCUT2D eigenvalue weighted by atomic mass is 35.5. The number of rotatable bonds is 4. The maximum atomic E-state index is 5.97. The summed E-state index contributed by atoms with van der Waals surface area (Å²) in [5.41, 5.74) is 2.34. The molecule has 0 radical (unpaired) electrons. The summed E-state index contributed by atoms with van der Waals surface area (Å²) in [5, 5.41) is 0.324. The second-order valence-electron chi connectivity index (χ2n) is 3.24. The van der Waals surface area contributed by atoms with Crippen LogP contribution in [-0.2, 0) is 0 Å². The number of nitrogen functional groups attached to an aromatic ring is 1. The van der Waals surface area contributed by atoms with E-state index in [1.807, 2.05) is 30.5 Å². The molecule has 0 bridgehead atoms. The molecule has 94 valence electrons. The molecule has 1 aromatic heterocycles. The fraction of sp³-hybridized carbons (Fsp3) is 0.0909. The van der Waals surface area contributed by atoms with Crippen LogP contribution in [0.4, 0.5) is 5.95 Å². The van der Waals surface area contributed by atoms with E-state index in [0.29, 0.717) is 10.8 Å². The van der Waals surface area contributed by atoms with Gasteiger partial charge in [-0.1, -0.05) is 23.7 Å². The van der Waals surface area contributed by atoms with Gasteiger partial charge in [0.05, 0.1) is 6.20 Å². The van der Waals surface area contributed by atoms with Crippen LogP contribution in [0.5, 0.6) is 11.6 Å². The maximum absolute atomic E-state index is 5.97. The first-order valence-electron chi connectivity index (χ1n) is 5.04. The van der Waals surface area contributed by atoms with Crippen LogP contribution in [-0.4, -0.2) is 16.2 Å². The van der Waals surface area contributed by atoms with Gasteiger partial charge < -0.3 is 4.74 Å². The summed E-state index contributed by atoms with van der Waals surface area (Å²) >= 11 is 7.55. The summed E-state index contributed by atoms with van der Waals surface area (Å²) in [6, 6.07) is 7.62. The number of para-hydroxylation sites is 1. The van der Waals surface area contributed by atoms with Crippen molar-refractivity contribution in [1.29, 1.82) is 0 Å². The third kappa shape index (κ3) is 2.84. The van der Waals surface area contributed by atoms with Gasteiger partial charge in [0, 0.05) is 4.90 Å². The quantitative estimate of drug-likeness (QED) is 0.510. The van der Waals surface area contributed by atoms with Gasteiger partial charge in [-0.2, -0.15) is 4.98 Å². The molecule has 3 N–H and O–H groups in total. The minimum atomic E-state index is 0.246. The van der Waals surface area contributed by atoms with Gasteiger partial charge in [0.15, 0.2) is 0 Å². The minimum Gasteiger partial charge on any atom is -0.436 e. The number of ether oxygens (including phenoxy) is 1. The lowest BCUT2D eigenvalue weighted by atomic mass is 10.3. The highest BCUT2D eigenvalue weighted by molar-refractivity contribution is 7.98. The van der Waals surface area contributed by atoms with Gasteiger partial charge in [-0.15, -0.1) is 11.8 Å². The number of hydrogen-bond donors (Lipinski definition) is 2. The van der Waals surface area contributed by atoms with E-state index >= 15 is 0 Å². The number of nitrogens with two attached hydrogens (primary N) is 1. The Labute approximate surface area is 114 Å². The van der Waals surface area contributed by atoms with Gasteiger partial charge >= 0.3 is 0 Å². The number of hydrogen-bond acceptors (Lipinski definition) is 6. The van der Waals surface area contributed by atoms with Crippen LogP contribution < -0.4 is 16.0 Å². The third-order valence-corrected chi connectivity index (χ3v) is 3.15. The molecule has 0 atom stereocenters. The lowest BCUT2D eigenvalue weighted by Gasteiger charge is -2.10. The topological polar surface area (TPSA) is 73.1 Å². The van der Waals surface area contributed by atoms with Gasteiger partial charge in [0.1, 0.15) is 10.8 Å². The van der Waals surface area contributed by atoms with Gasteiger partial charge in [0.2, 0.25) is 11.8 Å². The Hall–Kier alpha value is -1.50. The molecule has 1 aromatic carbocycles. The first kappa shape index (κ1) is 12.9. The number of hydrazine groups is 1. The van der Waals surface area contributed by atoms with Gasteiger partial charge in [0.25, 0.3) is 0 Å². The molecule has 0 fully saturated rings. The van der Waals surface area contributed by atoms with Crippen molar-refractivity contribution in [2.45, 2.75) is 4.90 Å². The van der Waals surface area contributed by atoms with E-state index in [1.165, 1.54) is 6.20 Å². The molecule has 18 heavy (non-hydrogen) atoms. The Balaban J connectivity index is 2.33. The Morgan fingerprint density at radius 3 is 2.89 bits per heavy atom. The molecule has 1 heterocycles. The van der Waals surface area contributed by atoms with E-state index in [0.717, 1.165) is 4.90 Å². The predicted molar refractivity (Wildman–Crippen MR) is 73.1 cm³/mol. The largest absolute Gasteiger partial charge is 0.436 e. The number of anilines is 1. The molecule has 0 aliphatic heterocycles. The van der Waals surface area contributed by atoms with Crippen LogP contribution in [0.25, 0.3) is 0 Å². The molecular formula is C11H11ClN4OS. The number of aromatic nitrogens is 2. The van der Waals surface area contributed by atoms with Crippen LogP contribution in [0.2, 0.25) is 5.02 Å². The first-order chi connectivity index (χ1) is 8.74. The number of halogens is 1. The van der Waals surface area contributed by atoms with Crippen molar-refractivity contribution in [3.63, 3.8) is 0 Å². The van der Waals surface area contributed by atoms with Gasteiger partial charge in [-0.3, -0.25) is 5.43 Å². The molecule has 0 unspecified atom stereocenters. The molecule has 0 spiro atoms. The van der Waals surface area contributed by atoms with Gasteiger partial charge in [-0.25, -0.2) is 10.8 Å². The van der Waals surface area contributed by atoms with Crippen LogP contribution in [0.15, 0.2) is 35.4 Å². The highest BCUT2D eigenvalue weighted by Crippen LogP contribution is 2.33. The minimum absolute atomic E-state index is 0.246. The van der Waals surface area contributed by atoms with Crippen molar-refractivity contribution < 1.29 is 4.74 Å². The summed E-state index contributed by atoms with van der Waals surface area (Å²) in [5.74, 6) is 6.44. The highest BCUT2D eigenvalue weighted by Gasteiger charge is 2.09. The second kappa shape index (κ2) is 5.90. The molecule has 2 rings (SSSR count). The molecule has 0 aliphatic rings. The van der Waals surface area contributed by atoms with E-state index in [-0.39, 0.29) is 11.8 Å². The molecule has 2 aromatic rings. The zero-order chi connectivity index (χ0) is 13.0. The number of benzene rings is 1. The summed E-state index contributed by atoms with van der Waals surface area (Å²) in [7, 11) is 0. The van der Waals surface area contributed by atoms with Crippen LogP contribution in [0, 0.1) is 0 Å². The zero-order valence-electron chi connectivity index (χ0n) is 9.55. The van der Waals surface area contributed by atoms with Crippen molar-refractivity contribution in [1.82, 2.24) is 9.97 Å². The third-order valence-electron chi connectivity index (χ3n) is 2.12. The summed E-state index contributed by atoms with van der Waals surface area (Å²) in [4.78, 5) is 8.92. The summed E-state index contributed by atoms with van der Waals surface area (Å²) < 4.78 is 5.67. The van der Waals surface area contributed by atoms with Gasteiger partial charge in [-0.05, 0) is 18.4 Å². The summed E-state index contributed by atoms with van der Waals surface area (Å²) in [6.45, 7) is 0. The fourth-order valence-electron chi connectivity index (χ4n) is 1.30. The average Bonchev–Trinajstić information content (AvgIpc) is 2.42. The Bertz CT molecular complexity index is 552. The lowest BCUT2D eigenvalue weighted by molar-refractivity contribution is 0.452. The fourth-order valence-corrected chi connectivity index (χ4v) is 1.96. The van der Waals surface area contributed by atoms with E-state index in [1.54, 1.807) is 11.8 Å². The first-order valence-corrected chi connectivity index (χ1v) is 6.65. The zero-order valence-corrected chi connectivity index (χ0v) is 11.1. The summed E-state index contributed by atoms with van der Waals surface area (Å²) in [6.07, 6.45) is 3.40. The molecular weight excluding hydrogens is 272 g/mol. The number of nitrogens with zero attached hydrogens (tertiary/aromatic N) is 2. The van der Waals surface area contributed by atoms with Crippen molar-refractivity contribution >= 4 is 29.3 Å². The maximum Gasteiger partial charge on any atom is 0.243 e. The Kier molecular flexibility index (Phi) is 4.24. The van der Waals surface area contributed by atoms with Crippen LogP contribution >= 0.6 is 23.4 Å². The predicted octanol–water partition coefficient (Wildman–Crippen LogP) is 2.93. The Morgan fingerprint density at radius 1 is 1.39 bits per heavy atom. The van der Waals surface area contributed by atoms with Crippen LogP contribution in [0.3, 0.4) is 0 Å². The number of nitrogens with one attached hydrogen (secondary N) is 1. The Morgan fingerprint density at radius 2 is 2.17 bits per heavy atom. The van der Waals surface area contributed by atoms with Crippen molar-refractivity contribution in [3.8, 4) is 11.6 Å². The second-order valence-corrected chi connectivity index (χ2v) is 4.50. The van der Waals surface area contributed by atoms with Crippen LogP contribution in [0.1, 0.15) is 0 Å².